The number of nitrogens with zero attached hydrogens (tertiary/aromatic N) is 3. The third-order valence-electron chi connectivity index (χ3n) is 4.50. The molecule has 0 saturated heterocycles. The summed E-state index contributed by atoms with van der Waals surface area (Å²) in [4.78, 5) is 17.6. The average Bonchev–Trinajstić information content (AvgIpc) is 2.87. The largest absolute Gasteiger partial charge is 0.345 e. The van der Waals surface area contributed by atoms with Gasteiger partial charge in [-0.1, -0.05) is 12.1 Å². The summed E-state index contributed by atoms with van der Waals surface area (Å²) in [5.41, 5.74) is 3.50. The van der Waals surface area contributed by atoms with Crippen molar-refractivity contribution in [2.45, 2.75) is 31.7 Å². The third-order valence-corrected chi connectivity index (χ3v) is 5.63. The van der Waals surface area contributed by atoms with Gasteiger partial charge in [0.1, 0.15) is 0 Å². The van der Waals surface area contributed by atoms with Crippen LogP contribution in [-0.4, -0.2) is 35.3 Å². The monoisotopic (exact) mass is 386 g/mol. The molecule has 142 valence electrons. The summed E-state index contributed by atoms with van der Waals surface area (Å²) in [5, 5.41) is 8.07. The lowest BCUT2D eigenvalue weighted by Gasteiger charge is -2.15. The molecule has 0 fully saturated rings. The van der Waals surface area contributed by atoms with E-state index >= 15 is 0 Å². The number of carbonyl (C=O) groups is 1. The quantitative estimate of drug-likeness (QED) is 0.743. The third kappa shape index (κ3) is 3.71. The molecule has 7 nitrogen and oxygen atoms in total. The number of aryl methyl sites for hydroxylation is 3. The molecule has 0 saturated carbocycles. The zero-order chi connectivity index (χ0) is 19.9. The van der Waals surface area contributed by atoms with Gasteiger partial charge in [0, 0.05) is 19.0 Å². The Hall–Kier alpha value is -2.74. The van der Waals surface area contributed by atoms with Crippen molar-refractivity contribution in [3.05, 3.63) is 52.8 Å². The fourth-order valence-electron chi connectivity index (χ4n) is 3.11. The molecule has 1 amide bonds. The van der Waals surface area contributed by atoms with E-state index in [9.17, 15) is 13.2 Å². The molecule has 1 N–H and O–H groups in total. The Kier molecular flexibility index (Phi) is 4.77. The second-order valence-corrected chi connectivity index (χ2v) is 8.77. The van der Waals surface area contributed by atoms with E-state index < -0.39 is 9.84 Å². The van der Waals surface area contributed by atoms with Crippen LogP contribution in [0, 0.1) is 13.8 Å². The highest BCUT2D eigenvalue weighted by molar-refractivity contribution is 7.90. The van der Waals surface area contributed by atoms with Crippen molar-refractivity contribution in [3.8, 4) is 0 Å². The van der Waals surface area contributed by atoms with Crippen LogP contribution >= 0.6 is 0 Å². The Balaban J connectivity index is 1.90. The van der Waals surface area contributed by atoms with Crippen molar-refractivity contribution >= 4 is 26.8 Å². The van der Waals surface area contributed by atoms with Crippen LogP contribution in [-0.2, 0) is 16.9 Å². The summed E-state index contributed by atoms with van der Waals surface area (Å²) in [7, 11) is -1.45. The number of nitrogens with one attached hydrogen (secondary N) is 1. The van der Waals surface area contributed by atoms with Gasteiger partial charge in [-0.2, -0.15) is 5.10 Å². The topological polar surface area (TPSA) is 94.0 Å². The molecule has 1 atom stereocenters. The minimum Gasteiger partial charge on any atom is -0.345 e. The number of benzene rings is 1. The first-order chi connectivity index (χ1) is 12.6. The van der Waals surface area contributed by atoms with Crippen molar-refractivity contribution < 1.29 is 13.2 Å². The van der Waals surface area contributed by atoms with Crippen LogP contribution in [0.4, 0.5) is 0 Å². The van der Waals surface area contributed by atoms with Crippen LogP contribution in [0.1, 0.15) is 40.3 Å². The van der Waals surface area contributed by atoms with Crippen LogP contribution in [0.15, 0.2) is 35.2 Å². The van der Waals surface area contributed by atoms with Gasteiger partial charge in [0.25, 0.3) is 5.91 Å². The van der Waals surface area contributed by atoms with Crippen molar-refractivity contribution in [1.29, 1.82) is 0 Å². The molecule has 0 bridgehead atoms. The van der Waals surface area contributed by atoms with Crippen molar-refractivity contribution in [3.63, 3.8) is 0 Å². The van der Waals surface area contributed by atoms with Crippen molar-refractivity contribution in [2.24, 2.45) is 7.05 Å². The van der Waals surface area contributed by atoms with Gasteiger partial charge in [-0.3, -0.25) is 9.48 Å². The van der Waals surface area contributed by atoms with Gasteiger partial charge in [-0.25, -0.2) is 13.4 Å². The van der Waals surface area contributed by atoms with Gasteiger partial charge in [0.15, 0.2) is 15.5 Å². The highest BCUT2D eigenvalue weighted by Crippen LogP contribution is 2.23. The Morgan fingerprint density at radius 1 is 1.19 bits per heavy atom. The number of rotatable bonds is 4. The van der Waals surface area contributed by atoms with Gasteiger partial charge >= 0.3 is 0 Å². The molecule has 3 aromatic rings. The molecule has 0 radical (unpaired) electrons. The van der Waals surface area contributed by atoms with Gasteiger partial charge in [-0.15, -0.1) is 0 Å². The molecule has 0 aliphatic rings. The predicted molar refractivity (Wildman–Crippen MR) is 103 cm³/mol. The van der Waals surface area contributed by atoms with E-state index in [1.807, 2.05) is 20.8 Å². The number of aromatic nitrogens is 3. The highest BCUT2D eigenvalue weighted by Gasteiger charge is 2.19. The number of hydrogen-bond donors (Lipinski definition) is 1. The molecule has 0 unspecified atom stereocenters. The molecule has 2 heterocycles. The SMILES string of the molecule is Cc1cc(C(=O)N[C@H](C)c2ccc(S(C)(=O)=O)cc2)c2c(C)nn(C)c2n1. The van der Waals surface area contributed by atoms with E-state index in [0.29, 0.717) is 11.2 Å². The van der Waals surface area contributed by atoms with Crippen LogP contribution in [0.3, 0.4) is 0 Å². The number of pyridine rings is 1. The molecule has 1 aromatic carbocycles. The predicted octanol–water partition coefficient (Wildman–Crippen LogP) is 2.48. The summed E-state index contributed by atoms with van der Waals surface area (Å²) in [6, 6.07) is 7.99. The zero-order valence-electron chi connectivity index (χ0n) is 15.9. The van der Waals surface area contributed by atoms with E-state index in [-0.39, 0.29) is 16.8 Å². The molecular formula is C19H22N4O3S. The molecular weight excluding hydrogens is 364 g/mol. The number of fused-ring (bicyclic) bond motifs is 1. The van der Waals surface area contributed by atoms with Gasteiger partial charge in [-0.05, 0) is 44.5 Å². The fraction of sp³-hybridized carbons (Fsp3) is 0.316. The first-order valence-electron chi connectivity index (χ1n) is 8.49. The first kappa shape index (κ1) is 19.0. The highest BCUT2D eigenvalue weighted by atomic mass is 32.2. The molecule has 0 aliphatic heterocycles. The summed E-state index contributed by atoms with van der Waals surface area (Å²) < 4.78 is 24.8. The minimum atomic E-state index is -3.25. The Bertz CT molecular complexity index is 1130. The lowest BCUT2D eigenvalue weighted by Crippen LogP contribution is -2.27. The molecule has 27 heavy (non-hydrogen) atoms. The summed E-state index contributed by atoms with van der Waals surface area (Å²) in [6.45, 7) is 5.55. The van der Waals surface area contributed by atoms with Crippen molar-refractivity contribution in [2.75, 3.05) is 6.26 Å². The number of amides is 1. The number of carbonyl (C=O) groups excluding carboxylic acids is 1. The van der Waals surface area contributed by atoms with Crippen molar-refractivity contribution in [1.82, 2.24) is 20.1 Å². The molecule has 0 spiro atoms. The van der Waals surface area contributed by atoms with Crippen LogP contribution in [0.2, 0.25) is 0 Å². The Morgan fingerprint density at radius 2 is 1.81 bits per heavy atom. The van der Waals surface area contributed by atoms with Gasteiger partial charge < -0.3 is 5.32 Å². The van der Waals surface area contributed by atoms with Crippen LogP contribution in [0.5, 0.6) is 0 Å². The molecule has 0 aliphatic carbocycles. The maximum atomic E-state index is 12.9. The number of sulfone groups is 1. The lowest BCUT2D eigenvalue weighted by molar-refractivity contribution is 0.0941. The first-order valence-corrected chi connectivity index (χ1v) is 10.4. The smallest absolute Gasteiger partial charge is 0.252 e. The zero-order valence-corrected chi connectivity index (χ0v) is 16.8. The van der Waals surface area contributed by atoms with E-state index in [1.165, 1.54) is 6.26 Å². The van der Waals surface area contributed by atoms with E-state index in [4.69, 9.17) is 0 Å². The fourth-order valence-corrected chi connectivity index (χ4v) is 3.74. The number of hydrogen-bond acceptors (Lipinski definition) is 5. The Morgan fingerprint density at radius 3 is 2.41 bits per heavy atom. The van der Waals surface area contributed by atoms with E-state index in [1.54, 1.807) is 42.1 Å². The summed E-state index contributed by atoms with van der Waals surface area (Å²) >= 11 is 0. The molecule has 2 aromatic heterocycles. The summed E-state index contributed by atoms with van der Waals surface area (Å²) in [5.74, 6) is -0.221. The lowest BCUT2D eigenvalue weighted by atomic mass is 10.1. The standard InChI is InChI=1S/C19H22N4O3S/c1-11-10-16(17-13(3)22-23(4)18(17)20-11)19(24)21-12(2)14-6-8-15(9-7-14)27(5,25)26/h6-10,12H,1-5H3,(H,21,24)/t12-/m1/s1. The van der Waals surface area contributed by atoms with Gasteiger partial charge in [0.2, 0.25) is 0 Å². The maximum absolute atomic E-state index is 12.9. The second kappa shape index (κ2) is 6.77. The van der Waals surface area contributed by atoms with E-state index in [2.05, 4.69) is 15.4 Å². The van der Waals surface area contributed by atoms with Gasteiger partial charge in [0.05, 0.1) is 27.6 Å². The normalized spacial score (nSPS) is 12.9. The van der Waals surface area contributed by atoms with E-state index in [0.717, 1.165) is 22.3 Å². The molecule has 8 heteroatoms. The summed E-state index contributed by atoms with van der Waals surface area (Å²) in [6.07, 6.45) is 1.17. The van der Waals surface area contributed by atoms with Crippen LogP contribution in [0.25, 0.3) is 11.0 Å². The molecule has 3 rings (SSSR count). The average molecular weight is 386 g/mol. The minimum absolute atomic E-state index is 0.221. The van der Waals surface area contributed by atoms with Crippen LogP contribution < -0.4 is 5.32 Å². The Labute approximate surface area is 158 Å². The maximum Gasteiger partial charge on any atom is 0.252 e. The second-order valence-electron chi connectivity index (χ2n) is 6.76.